The van der Waals surface area contributed by atoms with Crippen LogP contribution in [0, 0.1) is 10.1 Å². The van der Waals surface area contributed by atoms with Gasteiger partial charge in [0, 0.05) is 12.1 Å². The molecule has 0 aliphatic rings. The smallest absolute Gasteiger partial charge is 0.269 e. The molecule has 0 unspecified atom stereocenters. The fourth-order valence-electron chi connectivity index (χ4n) is 2.52. The summed E-state index contributed by atoms with van der Waals surface area (Å²) in [6, 6.07) is 12.4. The van der Waals surface area contributed by atoms with Crippen molar-refractivity contribution < 1.29 is 14.5 Å². The first kappa shape index (κ1) is 20.1. The number of aromatic nitrogens is 2. The number of benzene rings is 2. The summed E-state index contributed by atoms with van der Waals surface area (Å²) in [5.41, 5.74) is 1.23. The van der Waals surface area contributed by atoms with Crippen LogP contribution in [0.2, 0.25) is 0 Å². The molecule has 148 valence electrons. The average molecular weight is 411 g/mol. The molecule has 0 radical (unpaired) electrons. The molecule has 0 spiro atoms. The molecule has 29 heavy (non-hydrogen) atoms. The summed E-state index contributed by atoms with van der Waals surface area (Å²) >= 11 is 1.29. The maximum atomic E-state index is 12.6. The molecule has 2 amide bonds. The number of nitro benzene ring substituents is 1. The Hall–Kier alpha value is -3.66. The summed E-state index contributed by atoms with van der Waals surface area (Å²) in [5.74, 6) is -0.752. The molecule has 0 atom stereocenters. The average Bonchev–Trinajstić information content (AvgIpc) is 3.16. The van der Waals surface area contributed by atoms with Crippen molar-refractivity contribution in [2.75, 3.05) is 10.6 Å². The van der Waals surface area contributed by atoms with Crippen molar-refractivity contribution in [2.45, 2.75) is 19.8 Å². The predicted octanol–water partition coefficient (Wildman–Crippen LogP) is 3.44. The number of nitrogens with one attached hydrogen (secondary N) is 2. The lowest BCUT2D eigenvalue weighted by atomic mass is 10.1. The molecule has 3 aromatic rings. The van der Waals surface area contributed by atoms with Crippen LogP contribution in [0.3, 0.4) is 0 Å². The number of carbonyl (C=O) groups excluding carboxylic acids is 2. The Morgan fingerprint density at radius 2 is 1.79 bits per heavy atom. The Morgan fingerprint density at radius 1 is 1.07 bits per heavy atom. The summed E-state index contributed by atoms with van der Waals surface area (Å²) in [4.78, 5) is 35.2. The number of hydrogen-bond donors (Lipinski definition) is 2. The van der Waals surface area contributed by atoms with Gasteiger partial charge in [0.1, 0.15) is 5.01 Å². The van der Waals surface area contributed by atoms with Gasteiger partial charge in [-0.3, -0.25) is 25.0 Å². The molecule has 0 aliphatic heterocycles. The number of anilines is 2. The number of hydrogen-bond acceptors (Lipinski definition) is 7. The largest absolute Gasteiger partial charge is 0.325 e. The third-order valence-corrected chi connectivity index (χ3v) is 4.93. The first-order chi connectivity index (χ1) is 14.0. The number of carbonyl (C=O) groups is 2. The Morgan fingerprint density at radius 3 is 2.45 bits per heavy atom. The van der Waals surface area contributed by atoms with Crippen LogP contribution < -0.4 is 10.6 Å². The summed E-state index contributed by atoms with van der Waals surface area (Å²) < 4.78 is 0. The highest BCUT2D eigenvalue weighted by atomic mass is 32.1. The minimum atomic E-state index is -0.500. The van der Waals surface area contributed by atoms with E-state index < -0.39 is 10.8 Å². The van der Waals surface area contributed by atoms with Gasteiger partial charge in [0.25, 0.3) is 11.6 Å². The molecular formula is C19H17N5O4S. The second-order valence-corrected chi connectivity index (χ2v) is 7.06. The molecule has 1 aromatic heterocycles. The second kappa shape index (κ2) is 9.02. The number of para-hydroxylation sites is 1. The fourth-order valence-corrected chi connectivity index (χ4v) is 3.19. The highest BCUT2D eigenvalue weighted by molar-refractivity contribution is 7.15. The lowest BCUT2D eigenvalue weighted by molar-refractivity contribution is -0.384. The molecule has 3 rings (SSSR count). The molecule has 0 aliphatic carbocycles. The topological polar surface area (TPSA) is 127 Å². The molecule has 0 saturated heterocycles. The lowest BCUT2D eigenvalue weighted by Gasteiger charge is -2.10. The number of aryl methyl sites for hydroxylation is 1. The zero-order valence-electron chi connectivity index (χ0n) is 15.4. The van der Waals surface area contributed by atoms with Gasteiger partial charge in [-0.2, -0.15) is 0 Å². The van der Waals surface area contributed by atoms with E-state index in [4.69, 9.17) is 0 Å². The minimum absolute atomic E-state index is 0.0181. The molecule has 9 nitrogen and oxygen atoms in total. The van der Waals surface area contributed by atoms with E-state index in [1.807, 2.05) is 6.92 Å². The number of rotatable bonds is 7. The van der Waals surface area contributed by atoms with Crippen molar-refractivity contribution in [3.05, 3.63) is 74.8 Å². The standard InChI is InChI=1S/C19H17N5O4S/c1-2-17-22-23-19(29-17)21-18(26)14-5-3-4-6-15(14)20-16(25)11-12-7-9-13(10-8-12)24(27)28/h3-10H,2,11H2,1H3,(H,20,25)(H,21,23,26). The van der Waals surface area contributed by atoms with E-state index in [0.717, 1.165) is 11.4 Å². The van der Waals surface area contributed by atoms with Crippen LogP contribution >= 0.6 is 11.3 Å². The van der Waals surface area contributed by atoms with Crippen LogP contribution in [-0.2, 0) is 17.6 Å². The normalized spacial score (nSPS) is 10.4. The van der Waals surface area contributed by atoms with Gasteiger partial charge in [0.15, 0.2) is 0 Å². The highest BCUT2D eigenvalue weighted by Gasteiger charge is 2.15. The maximum Gasteiger partial charge on any atom is 0.269 e. The van der Waals surface area contributed by atoms with Crippen molar-refractivity contribution in [3.8, 4) is 0 Å². The minimum Gasteiger partial charge on any atom is -0.325 e. The maximum absolute atomic E-state index is 12.6. The van der Waals surface area contributed by atoms with Gasteiger partial charge >= 0.3 is 0 Å². The van der Waals surface area contributed by atoms with Crippen LogP contribution in [0.4, 0.5) is 16.5 Å². The van der Waals surface area contributed by atoms with Gasteiger partial charge in [-0.25, -0.2) is 0 Å². The number of amides is 2. The van der Waals surface area contributed by atoms with E-state index in [-0.39, 0.29) is 23.6 Å². The molecule has 2 aromatic carbocycles. The van der Waals surface area contributed by atoms with E-state index in [2.05, 4.69) is 20.8 Å². The molecule has 0 fully saturated rings. The molecule has 10 heteroatoms. The Kier molecular flexibility index (Phi) is 6.25. The van der Waals surface area contributed by atoms with E-state index in [1.54, 1.807) is 24.3 Å². The van der Waals surface area contributed by atoms with Gasteiger partial charge in [0.05, 0.1) is 22.6 Å². The van der Waals surface area contributed by atoms with Gasteiger partial charge < -0.3 is 5.32 Å². The fraction of sp³-hybridized carbons (Fsp3) is 0.158. The monoisotopic (exact) mass is 411 g/mol. The summed E-state index contributed by atoms with van der Waals surface area (Å²) in [6.07, 6.45) is 0.743. The highest BCUT2D eigenvalue weighted by Crippen LogP contribution is 2.20. The van der Waals surface area contributed by atoms with Crippen LogP contribution in [0.1, 0.15) is 27.9 Å². The molecular weight excluding hydrogens is 394 g/mol. The molecule has 2 N–H and O–H groups in total. The van der Waals surface area contributed by atoms with Crippen LogP contribution in [0.15, 0.2) is 48.5 Å². The van der Waals surface area contributed by atoms with Crippen molar-refractivity contribution in [1.82, 2.24) is 10.2 Å². The second-order valence-electron chi connectivity index (χ2n) is 6.00. The van der Waals surface area contributed by atoms with E-state index in [1.165, 1.54) is 35.6 Å². The summed E-state index contributed by atoms with van der Waals surface area (Å²) in [7, 11) is 0. The van der Waals surface area contributed by atoms with Crippen molar-refractivity contribution in [1.29, 1.82) is 0 Å². The summed E-state index contributed by atoms with van der Waals surface area (Å²) in [6.45, 7) is 1.95. The lowest BCUT2D eigenvalue weighted by Crippen LogP contribution is -2.19. The van der Waals surface area contributed by atoms with E-state index >= 15 is 0 Å². The van der Waals surface area contributed by atoms with E-state index in [9.17, 15) is 19.7 Å². The Labute approximate surface area is 169 Å². The number of nitro groups is 1. The first-order valence-electron chi connectivity index (χ1n) is 8.72. The van der Waals surface area contributed by atoms with Crippen molar-refractivity contribution in [2.24, 2.45) is 0 Å². The van der Waals surface area contributed by atoms with Gasteiger partial charge in [-0.05, 0) is 24.1 Å². The van der Waals surface area contributed by atoms with Gasteiger partial charge in [0.2, 0.25) is 11.0 Å². The van der Waals surface area contributed by atoms with Gasteiger partial charge in [-0.1, -0.05) is 42.5 Å². The zero-order valence-corrected chi connectivity index (χ0v) is 16.2. The SMILES string of the molecule is CCc1nnc(NC(=O)c2ccccc2NC(=O)Cc2ccc([N+](=O)[O-])cc2)s1. The van der Waals surface area contributed by atoms with Crippen LogP contribution in [0.5, 0.6) is 0 Å². The zero-order chi connectivity index (χ0) is 20.8. The number of non-ortho nitro benzene ring substituents is 1. The third-order valence-electron chi connectivity index (χ3n) is 3.95. The van der Waals surface area contributed by atoms with Crippen molar-refractivity contribution >= 4 is 39.7 Å². The van der Waals surface area contributed by atoms with Crippen molar-refractivity contribution in [3.63, 3.8) is 0 Å². The van der Waals surface area contributed by atoms with E-state index in [0.29, 0.717) is 16.4 Å². The molecule has 1 heterocycles. The molecule has 0 saturated carbocycles. The summed E-state index contributed by atoms with van der Waals surface area (Å²) in [5, 5.41) is 25.2. The third kappa shape index (κ3) is 5.20. The Balaban J connectivity index is 1.68. The predicted molar refractivity (Wildman–Crippen MR) is 109 cm³/mol. The van der Waals surface area contributed by atoms with Crippen LogP contribution in [-0.4, -0.2) is 26.9 Å². The Bertz CT molecular complexity index is 1050. The van der Waals surface area contributed by atoms with Gasteiger partial charge in [-0.15, -0.1) is 10.2 Å². The molecule has 0 bridgehead atoms. The number of nitrogens with zero attached hydrogens (tertiary/aromatic N) is 3. The quantitative estimate of drug-likeness (QED) is 0.453. The van der Waals surface area contributed by atoms with Crippen LogP contribution in [0.25, 0.3) is 0 Å². The first-order valence-corrected chi connectivity index (χ1v) is 9.54.